The van der Waals surface area contributed by atoms with E-state index >= 15 is 0 Å². The molecule has 0 spiro atoms. The monoisotopic (exact) mass is 408 g/mol. The summed E-state index contributed by atoms with van der Waals surface area (Å²) in [5.74, 6) is -1.20. The number of ether oxygens (including phenoxy) is 1. The number of rotatable bonds is 4. The Morgan fingerprint density at radius 1 is 1.43 bits per heavy atom. The van der Waals surface area contributed by atoms with Crippen molar-refractivity contribution in [3.8, 4) is 0 Å². The van der Waals surface area contributed by atoms with Crippen LogP contribution >= 0.6 is 22.6 Å². The molecule has 21 heavy (non-hydrogen) atoms. The number of carbonyl (C=O) groups is 2. The number of amides is 2. The number of hydrogen-bond donors (Lipinski definition) is 2. The number of nitrogens with one attached hydrogen (secondary N) is 1. The molecule has 1 atom stereocenters. The van der Waals surface area contributed by atoms with E-state index in [9.17, 15) is 14.0 Å². The van der Waals surface area contributed by atoms with Gasteiger partial charge in [0.15, 0.2) is 0 Å². The second kappa shape index (κ2) is 7.06. The Kier molecular flexibility index (Phi) is 5.94. The molecule has 0 aromatic heterocycles. The molecule has 7 heteroatoms. The van der Waals surface area contributed by atoms with Gasteiger partial charge in [-0.3, -0.25) is 4.79 Å². The van der Waals surface area contributed by atoms with E-state index in [1.807, 2.05) is 22.6 Å². The van der Waals surface area contributed by atoms with Gasteiger partial charge in [-0.05, 0) is 61.1 Å². The van der Waals surface area contributed by atoms with Crippen LogP contribution in [0.4, 0.5) is 9.18 Å². The molecule has 0 radical (unpaired) electrons. The van der Waals surface area contributed by atoms with Crippen LogP contribution in [0, 0.1) is 9.39 Å². The summed E-state index contributed by atoms with van der Waals surface area (Å²) in [6, 6.07) is 3.59. The first kappa shape index (κ1) is 17.7. The van der Waals surface area contributed by atoms with Crippen molar-refractivity contribution >= 4 is 34.6 Å². The van der Waals surface area contributed by atoms with E-state index < -0.39 is 29.5 Å². The molecule has 0 fully saturated rings. The van der Waals surface area contributed by atoms with Crippen molar-refractivity contribution in [2.24, 2.45) is 5.73 Å². The van der Waals surface area contributed by atoms with Crippen LogP contribution in [0.5, 0.6) is 0 Å². The van der Waals surface area contributed by atoms with Gasteiger partial charge in [-0.15, -0.1) is 0 Å². The quantitative estimate of drug-likeness (QED) is 0.751. The maximum Gasteiger partial charge on any atom is 0.408 e. The molecule has 1 aromatic rings. The molecule has 0 saturated heterocycles. The zero-order chi connectivity index (χ0) is 16.2. The smallest absolute Gasteiger partial charge is 0.408 e. The normalized spacial score (nSPS) is 12.6. The van der Waals surface area contributed by atoms with Crippen molar-refractivity contribution in [2.75, 3.05) is 0 Å². The number of carbonyl (C=O) groups excluding carboxylic acids is 2. The molecule has 0 aliphatic heterocycles. The Morgan fingerprint density at radius 3 is 2.52 bits per heavy atom. The van der Waals surface area contributed by atoms with E-state index in [0.29, 0.717) is 5.56 Å². The molecule has 2 amide bonds. The number of halogens is 2. The van der Waals surface area contributed by atoms with Crippen LogP contribution < -0.4 is 11.1 Å². The minimum atomic E-state index is -1.03. The molecule has 0 aliphatic rings. The number of primary amides is 1. The van der Waals surface area contributed by atoms with E-state index in [1.165, 1.54) is 6.07 Å². The van der Waals surface area contributed by atoms with Crippen LogP contribution in [0.3, 0.4) is 0 Å². The average molecular weight is 408 g/mol. The van der Waals surface area contributed by atoms with Crippen LogP contribution in [0.15, 0.2) is 18.2 Å². The van der Waals surface area contributed by atoms with Gasteiger partial charge in [-0.1, -0.05) is 6.07 Å². The lowest BCUT2D eigenvalue weighted by atomic mass is 10.1. The first-order valence-corrected chi connectivity index (χ1v) is 7.39. The van der Waals surface area contributed by atoms with Crippen LogP contribution in [0.25, 0.3) is 0 Å². The van der Waals surface area contributed by atoms with Crippen LogP contribution in [-0.4, -0.2) is 23.6 Å². The van der Waals surface area contributed by atoms with Gasteiger partial charge < -0.3 is 15.8 Å². The van der Waals surface area contributed by atoms with E-state index in [1.54, 1.807) is 32.9 Å². The summed E-state index contributed by atoms with van der Waals surface area (Å²) >= 11 is 1.98. The Balaban J connectivity index is 2.79. The van der Waals surface area contributed by atoms with Crippen molar-refractivity contribution in [3.63, 3.8) is 0 Å². The van der Waals surface area contributed by atoms with Gasteiger partial charge >= 0.3 is 6.09 Å². The topological polar surface area (TPSA) is 81.4 Å². The fourth-order valence-electron chi connectivity index (χ4n) is 1.58. The third-order valence-corrected chi connectivity index (χ3v) is 3.14. The maximum atomic E-state index is 13.8. The molecular formula is C14H18FIN2O3. The summed E-state index contributed by atoms with van der Waals surface area (Å²) in [6.45, 7) is 5.10. The maximum absolute atomic E-state index is 13.8. The molecule has 1 aromatic carbocycles. The van der Waals surface area contributed by atoms with Gasteiger partial charge in [0.1, 0.15) is 17.5 Å². The first-order valence-electron chi connectivity index (χ1n) is 6.31. The Hall–Kier alpha value is -1.38. The third-order valence-electron chi connectivity index (χ3n) is 2.47. The molecule has 3 N–H and O–H groups in total. The highest BCUT2D eigenvalue weighted by Crippen LogP contribution is 2.14. The third kappa shape index (κ3) is 6.28. The fourth-order valence-corrected chi connectivity index (χ4v) is 2.03. The second-order valence-electron chi connectivity index (χ2n) is 5.54. The zero-order valence-corrected chi connectivity index (χ0v) is 14.2. The summed E-state index contributed by atoms with van der Waals surface area (Å²) < 4.78 is 19.6. The van der Waals surface area contributed by atoms with E-state index in [0.717, 1.165) is 3.57 Å². The summed E-state index contributed by atoms with van der Waals surface area (Å²) in [5.41, 5.74) is 4.85. The molecule has 1 rings (SSSR count). The van der Waals surface area contributed by atoms with Crippen molar-refractivity contribution in [3.05, 3.63) is 33.1 Å². The highest BCUT2D eigenvalue weighted by atomic mass is 127. The minimum Gasteiger partial charge on any atom is -0.444 e. The molecule has 116 valence electrons. The molecule has 0 aliphatic carbocycles. The predicted molar refractivity (Wildman–Crippen MR) is 85.2 cm³/mol. The molecule has 0 bridgehead atoms. The minimum absolute atomic E-state index is 0.0304. The van der Waals surface area contributed by atoms with Crippen molar-refractivity contribution < 1.29 is 18.7 Å². The second-order valence-corrected chi connectivity index (χ2v) is 6.79. The van der Waals surface area contributed by atoms with Crippen molar-refractivity contribution in [2.45, 2.75) is 38.8 Å². The lowest BCUT2D eigenvalue weighted by Gasteiger charge is -2.22. The zero-order valence-electron chi connectivity index (χ0n) is 12.1. The number of alkyl carbamates (subject to hydrolysis) is 1. The molecule has 0 unspecified atom stereocenters. The summed E-state index contributed by atoms with van der Waals surface area (Å²) in [4.78, 5) is 23.1. The van der Waals surface area contributed by atoms with Gasteiger partial charge in [0.2, 0.25) is 5.91 Å². The van der Waals surface area contributed by atoms with Crippen molar-refractivity contribution in [1.29, 1.82) is 0 Å². The van der Waals surface area contributed by atoms with E-state index in [2.05, 4.69) is 5.32 Å². The molecule has 0 heterocycles. The van der Waals surface area contributed by atoms with Crippen LogP contribution in [0.1, 0.15) is 26.3 Å². The standard InChI is InChI=1S/C14H18FIN2O3/c1-14(2,3)21-13(20)18-11(12(17)19)6-8-4-5-9(16)7-10(8)15/h4-5,7,11H,6H2,1-3H3,(H2,17,19)(H,18,20)/t11-/m0/s1. The highest BCUT2D eigenvalue weighted by molar-refractivity contribution is 14.1. The lowest BCUT2D eigenvalue weighted by Crippen LogP contribution is -2.47. The van der Waals surface area contributed by atoms with E-state index in [4.69, 9.17) is 10.5 Å². The Morgan fingerprint density at radius 2 is 2.05 bits per heavy atom. The predicted octanol–water partition coefficient (Wildman–Crippen LogP) is 2.35. The van der Waals surface area contributed by atoms with E-state index in [-0.39, 0.29) is 6.42 Å². The highest BCUT2D eigenvalue weighted by Gasteiger charge is 2.23. The van der Waals surface area contributed by atoms with Crippen LogP contribution in [-0.2, 0) is 16.0 Å². The molecule has 5 nitrogen and oxygen atoms in total. The number of nitrogens with two attached hydrogens (primary N) is 1. The number of benzene rings is 1. The summed E-state index contributed by atoms with van der Waals surface area (Å²) in [7, 11) is 0. The Bertz CT molecular complexity index is 544. The van der Waals surface area contributed by atoms with Gasteiger partial charge in [-0.25, -0.2) is 9.18 Å². The van der Waals surface area contributed by atoms with Crippen LogP contribution in [0.2, 0.25) is 0 Å². The lowest BCUT2D eigenvalue weighted by molar-refractivity contribution is -0.120. The van der Waals surface area contributed by atoms with Gasteiger partial charge in [0.05, 0.1) is 0 Å². The average Bonchev–Trinajstić information content (AvgIpc) is 2.28. The van der Waals surface area contributed by atoms with Gasteiger partial charge in [0, 0.05) is 9.99 Å². The van der Waals surface area contributed by atoms with Crippen molar-refractivity contribution in [1.82, 2.24) is 5.32 Å². The first-order chi connectivity index (χ1) is 9.58. The number of hydrogen-bond acceptors (Lipinski definition) is 3. The SMILES string of the molecule is CC(C)(C)OC(=O)N[C@@H](Cc1ccc(I)cc1F)C(N)=O. The fraction of sp³-hybridized carbons (Fsp3) is 0.429. The largest absolute Gasteiger partial charge is 0.444 e. The Labute approximate surface area is 136 Å². The van der Waals surface area contributed by atoms with Gasteiger partial charge in [0.25, 0.3) is 0 Å². The van der Waals surface area contributed by atoms with Gasteiger partial charge in [-0.2, -0.15) is 0 Å². The summed E-state index contributed by atoms with van der Waals surface area (Å²) in [5, 5.41) is 2.36. The molecular weight excluding hydrogens is 390 g/mol. The summed E-state index contributed by atoms with van der Waals surface area (Å²) in [6.07, 6.45) is -0.797. The molecule has 0 saturated carbocycles.